The molecule has 0 atom stereocenters. The average molecular weight is 259 g/mol. The minimum Gasteiger partial charge on any atom is -0.481 e. The van der Waals surface area contributed by atoms with Crippen LogP contribution in [-0.4, -0.2) is 25.8 Å². The molecule has 2 aromatic rings. The fourth-order valence-electron chi connectivity index (χ4n) is 1.87. The Morgan fingerprint density at radius 3 is 2.74 bits per heavy atom. The van der Waals surface area contributed by atoms with E-state index in [9.17, 15) is 4.79 Å². The van der Waals surface area contributed by atoms with Gasteiger partial charge in [0.2, 0.25) is 0 Å². The van der Waals surface area contributed by atoms with Crippen molar-refractivity contribution < 1.29 is 9.90 Å². The monoisotopic (exact) mass is 259 g/mol. The van der Waals surface area contributed by atoms with Crippen molar-refractivity contribution in [1.82, 2.24) is 14.8 Å². The van der Waals surface area contributed by atoms with Crippen molar-refractivity contribution in [2.75, 3.05) is 0 Å². The first-order chi connectivity index (χ1) is 8.97. The van der Waals surface area contributed by atoms with Crippen molar-refractivity contribution in [3.8, 4) is 5.69 Å². The Kier molecular flexibility index (Phi) is 3.64. The maximum atomic E-state index is 10.7. The van der Waals surface area contributed by atoms with Crippen molar-refractivity contribution in [2.45, 2.75) is 33.1 Å². The zero-order valence-corrected chi connectivity index (χ0v) is 11.3. The van der Waals surface area contributed by atoms with Crippen molar-refractivity contribution in [3.63, 3.8) is 0 Å². The smallest absolute Gasteiger partial charge is 0.307 e. The van der Waals surface area contributed by atoms with Gasteiger partial charge in [0, 0.05) is 5.92 Å². The van der Waals surface area contributed by atoms with Crippen molar-refractivity contribution >= 4 is 5.97 Å². The first kappa shape index (κ1) is 13.3. The molecule has 1 N–H and O–H groups in total. The quantitative estimate of drug-likeness (QED) is 0.915. The topological polar surface area (TPSA) is 68.0 Å². The second-order valence-corrected chi connectivity index (χ2v) is 4.82. The van der Waals surface area contributed by atoms with Crippen LogP contribution in [0.3, 0.4) is 0 Å². The zero-order chi connectivity index (χ0) is 14.0. The van der Waals surface area contributed by atoms with E-state index in [-0.39, 0.29) is 12.3 Å². The van der Waals surface area contributed by atoms with Crippen LogP contribution in [0.15, 0.2) is 24.3 Å². The minimum absolute atomic E-state index is 0.0125. The van der Waals surface area contributed by atoms with E-state index in [0.717, 1.165) is 22.9 Å². The van der Waals surface area contributed by atoms with Gasteiger partial charge in [0.15, 0.2) is 5.82 Å². The third-order valence-electron chi connectivity index (χ3n) is 2.81. The molecule has 0 saturated heterocycles. The van der Waals surface area contributed by atoms with E-state index >= 15 is 0 Å². The molecular weight excluding hydrogens is 242 g/mol. The lowest BCUT2D eigenvalue weighted by Crippen LogP contribution is -2.03. The molecule has 1 heterocycles. The fraction of sp³-hybridized carbons (Fsp3) is 0.357. The summed E-state index contributed by atoms with van der Waals surface area (Å²) in [5.74, 6) is 1.02. The zero-order valence-electron chi connectivity index (χ0n) is 11.3. The predicted molar refractivity (Wildman–Crippen MR) is 71.5 cm³/mol. The highest BCUT2D eigenvalue weighted by Crippen LogP contribution is 2.15. The van der Waals surface area contributed by atoms with Crippen LogP contribution in [0.5, 0.6) is 0 Å². The molecule has 1 aromatic heterocycles. The van der Waals surface area contributed by atoms with E-state index in [1.54, 1.807) is 10.7 Å². The summed E-state index contributed by atoms with van der Waals surface area (Å²) in [7, 11) is 0. The number of hydrogen-bond acceptors (Lipinski definition) is 3. The van der Waals surface area contributed by atoms with Crippen LogP contribution in [0, 0.1) is 6.92 Å². The number of carboxylic acid groups (broad SMARTS) is 1. The van der Waals surface area contributed by atoms with E-state index < -0.39 is 5.97 Å². The van der Waals surface area contributed by atoms with E-state index in [1.165, 1.54) is 0 Å². The van der Waals surface area contributed by atoms with Crippen LogP contribution in [0.1, 0.15) is 37.0 Å². The van der Waals surface area contributed by atoms with Crippen LogP contribution in [0.25, 0.3) is 5.69 Å². The molecule has 1 aromatic carbocycles. The highest BCUT2D eigenvalue weighted by molar-refractivity contribution is 5.70. The number of aromatic nitrogens is 3. The van der Waals surface area contributed by atoms with Crippen LogP contribution >= 0.6 is 0 Å². The Hall–Kier alpha value is -2.17. The maximum Gasteiger partial charge on any atom is 0.307 e. The van der Waals surface area contributed by atoms with Crippen molar-refractivity contribution in [2.24, 2.45) is 0 Å². The van der Waals surface area contributed by atoms with Gasteiger partial charge >= 0.3 is 5.97 Å². The third kappa shape index (κ3) is 2.99. The van der Waals surface area contributed by atoms with Gasteiger partial charge in [-0.25, -0.2) is 9.67 Å². The lowest BCUT2D eigenvalue weighted by Gasteiger charge is -2.05. The molecular formula is C14H17N3O2. The molecule has 0 radical (unpaired) electrons. The van der Waals surface area contributed by atoms with Crippen LogP contribution < -0.4 is 0 Å². The van der Waals surface area contributed by atoms with Crippen molar-refractivity contribution in [3.05, 3.63) is 41.5 Å². The Bertz CT molecular complexity index is 602. The molecule has 5 nitrogen and oxygen atoms in total. The SMILES string of the molecule is Cc1nc(C(C)C)nn1-c1cccc(CC(=O)O)c1. The van der Waals surface area contributed by atoms with Crippen LogP contribution in [0.4, 0.5) is 0 Å². The Balaban J connectivity index is 2.38. The van der Waals surface area contributed by atoms with E-state index in [1.807, 2.05) is 39.0 Å². The predicted octanol–water partition coefficient (Wildman–Crippen LogP) is 2.33. The number of carboxylic acids is 1. The maximum absolute atomic E-state index is 10.7. The summed E-state index contributed by atoms with van der Waals surface area (Å²) < 4.78 is 1.75. The Labute approximate surface area is 111 Å². The number of rotatable bonds is 4. The molecule has 0 saturated carbocycles. The lowest BCUT2D eigenvalue weighted by atomic mass is 10.1. The summed E-state index contributed by atoms with van der Waals surface area (Å²) in [5, 5.41) is 13.3. The van der Waals surface area contributed by atoms with Crippen LogP contribution in [0.2, 0.25) is 0 Å². The van der Waals surface area contributed by atoms with E-state index in [2.05, 4.69) is 10.1 Å². The molecule has 0 fully saturated rings. The van der Waals surface area contributed by atoms with E-state index in [0.29, 0.717) is 0 Å². The highest BCUT2D eigenvalue weighted by atomic mass is 16.4. The number of benzene rings is 1. The Morgan fingerprint density at radius 1 is 1.42 bits per heavy atom. The lowest BCUT2D eigenvalue weighted by molar-refractivity contribution is -0.136. The molecule has 0 aliphatic rings. The molecule has 0 bridgehead atoms. The average Bonchev–Trinajstić information content (AvgIpc) is 2.71. The molecule has 2 rings (SSSR count). The van der Waals surface area contributed by atoms with Gasteiger partial charge < -0.3 is 5.11 Å². The van der Waals surface area contributed by atoms with Gasteiger partial charge in [0.05, 0.1) is 12.1 Å². The molecule has 0 aliphatic carbocycles. The standard InChI is InChI=1S/C14H17N3O2/c1-9(2)14-15-10(3)17(16-14)12-6-4-5-11(7-12)8-13(18)19/h4-7,9H,8H2,1-3H3,(H,18,19). The Morgan fingerprint density at radius 2 is 2.16 bits per heavy atom. The first-order valence-electron chi connectivity index (χ1n) is 6.22. The van der Waals surface area contributed by atoms with Gasteiger partial charge in [-0.1, -0.05) is 26.0 Å². The third-order valence-corrected chi connectivity index (χ3v) is 2.81. The summed E-state index contributed by atoms with van der Waals surface area (Å²) in [6.45, 7) is 5.97. The summed E-state index contributed by atoms with van der Waals surface area (Å²) in [5.41, 5.74) is 1.60. The molecule has 5 heteroatoms. The first-order valence-corrected chi connectivity index (χ1v) is 6.22. The normalized spacial score (nSPS) is 10.9. The second-order valence-electron chi connectivity index (χ2n) is 4.82. The minimum atomic E-state index is -0.838. The molecule has 100 valence electrons. The number of hydrogen-bond donors (Lipinski definition) is 1. The van der Waals surface area contributed by atoms with Crippen LogP contribution in [-0.2, 0) is 11.2 Å². The number of aliphatic carboxylic acids is 1. The summed E-state index contributed by atoms with van der Waals surface area (Å²) in [6, 6.07) is 7.37. The fourth-order valence-corrected chi connectivity index (χ4v) is 1.87. The molecule has 0 spiro atoms. The van der Waals surface area contributed by atoms with Gasteiger partial charge in [-0.3, -0.25) is 4.79 Å². The van der Waals surface area contributed by atoms with Gasteiger partial charge in [0.25, 0.3) is 0 Å². The summed E-state index contributed by atoms with van der Waals surface area (Å²) in [6.07, 6.45) is 0.0125. The second kappa shape index (κ2) is 5.22. The number of nitrogens with zero attached hydrogens (tertiary/aromatic N) is 3. The van der Waals surface area contributed by atoms with Gasteiger partial charge in [-0.2, -0.15) is 5.10 Å². The summed E-state index contributed by atoms with van der Waals surface area (Å²) >= 11 is 0. The van der Waals surface area contributed by atoms with Gasteiger partial charge in [-0.15, -0.1) is 0 Å². The molecule has 0 amide bonds. The van der Waals surface area contributed by atoms with Crippen molar-refractivity contribution in [1.29, 1.82) is 0 Å². The molecule has 0 unspecified atom stereocenters. The molecule has 0 aliphatic heterocycles. The van der Waals surface area contributed by atoms with Gasteiger partial charge in [-0.05, 0) is 24.6 Å². The highest BCUT2D eigenvalue weighted by Gasteiger charge is 2.11. The number of aryl methyl sites for hydroxylation is 1. The molecule has 19 heavy (non-hydrogen) atoms. The number of carbonyl (C=O) groups is 1. The largest absolute Gasteiger partial charge is 0.481 e. The van der Waals surface area contributed by atoms with E-state index in [4.69, 9.17) is 5.11 Å². The van der Waals surface area contributed by atoms with Gasteiger partial charge in [0.1, 0.15) is 5.82 Å². The summed E-state index contributed by atoms with van der Waals surface area (Å²) in [4.78, 5) is 15.2.